The van der Waals surface area contributed by atoms with E-state index >= 15 is 0 Å². The molecule has 0 radical (unpaired) electrons. The van der Waals surface area contributed by atoms with Crippen LogP contribution in [0.5, 0.6) is 5.75 Å². The van der Waals surface area contributed by atoms with Gasteiger partial charge in [-0.2, -0.15) is 0 Å². The summed E-state index contributed by atoms with van der Waals surface area (Å²) in [5.41, 5.74) is -0.435. The van der Waals surface area contributed by atoms with Crippen LogP contribution in [-0.4, -0.2) is 53.3 Å². The van der Waals surface area contributed by atoms with Crippen molar-refractivity contribution in [2.75, 3.05) is 19.0 Å². The predicted molar refractivity (Wildman–Crippen MR) is 136 cm³/mol. The molecule has 2 aromatic rings. The number of fused-ring (bicyclic) bond motifs is 1. The summed E-state index contributed by atoms with van der Waals surface area (Å²) in [4.78, 5) is 62.1. The third-order valence-corrected chi connectivity index (χ3v) is 9.65. The third-order valence-electron chi connectivity index (χ3n) is 4.88. The first kappa shape index (κ1) is 27.2. The maximum absolute atomic E-state index is 13.0. The first-order chi connectivity index (χ1) is 16.4. The number of hydrogen-bond donors (Lipinski definition) is 1. The van der Waals surface area contributed by atoms with E-state index in [9.17, 15) is 29.3 Å². The standard InChI is InChI=1S/C20H13Br4N3O8/c1-7(26-18(29)12-13(19(26)30)15(22)17(24)16(23)14(12)21)20(31)35-6-11(28)25-9-4-3-8(34-2)5-10(9)27(32)33/h3-5,7H,6H2,1-2H3,(H,25,28)/t7-/m1/s1. The lowest BCUT2D eigenvalue weighted by atomic mass is 10.1. The Bertz CT molecular complexity index is 1250. The molecule has 1 aliphatic rings. The first-order valence-electron chi connectivity index (χ1n) is 9.43. The molecule has 0 spiro atoms. The Balaban J connectivity index is 1.72. The van der Waals surface area contributed by atoms with Gasteiger partial charge >= 0.3 is 5.97 Å². The van der Waals surface area contributed by atoms with Crippen LogP contribution in [0.2, 0.25) is 0 Å². The second kappa shape index (κ2) is 10.7. The predicted octanol–water partition coefficient (Wildman–Crippen LogP) is 4.82. The van der Waals surface area contributed by atoms with Gasteiger partial charge in [-0.15, -0.1) is 0 Å². The lowest BCUT2D eigenvalue weighted by Crippen LogP contribution is -2.44. The molecule has 1 heterocycles. The maximum Gasteiger partial charge on any atom is 0.329 e. The zero-order valence-electron chi connectivity index (χ0n) is 17.7. The Kier molecular flexibility index (Phi) is 8.34. The molecule has 0 saturated heterocycles. The largest absolute Gasteiger partial charge is 0.496 e. The van der Waals surface area contributed by atoms with Crippen molar-refractivity contribution in [1.29, 1.82) is 0 Å². The van der Waals surface area contributed by atoms with Crippen molar-refractivity contribution in [3.05, 3.63) is 57.3 Å². The third kappa shape index (κ3) is 5.13. The second-order valence-corrected chi connectivity index (χ2v) is 10.1. The van der Waals surface area contributed by atoms with Gasteiger partial charge in [0.25, 0.3) is 23.4 Å². The lowest BCUT2D eigenvalue weighted by molar-refractivity contribution is -0.384. The number of nitro benzene ring substituents is 1. The second-order valence-electron chi connectivity index (χ2n) is 6.96. The van der Waals surface area contributed by atoms with Crippen LogP contribution in [0.15, 0.2) is 36.1 Å². The number of amides is 3. The molecule has 0 aromatic heterocycles. The number of nitrogens with one attached hydrogen (secondary N) is 1. The quantitative estimate of drug-likeness (QED) is 0.106. The minimum Gasteiger partial charge on any atom is -0.496 e. The molecule has 1 aliphatic heterocycles. The molecule has 0 aliphatic carbocycles. The van der Waals surface area contributed by atoms with Crippen LogP contribution >= 0.6 is 63.7 Å². The van der Waals surface area contributed by atoms with Gasteiger partial charge < -0.3 is 14.8 Å². The highest BCUT2D eigenvalue weighted by atomic mass is 79.9. The van der Waals surface area contributed by atoms with Gasteiger partial charge in [0.15, 0.2) is 6.61 Å². The Hall–Kier alpha value is -2.36. The summed E-state index contributed by atoms with van der Waals surface area (Å²) in [6, 6.07) is 2.44. The van der Waals surface area contributed by atoms with E-state index in [1.54, 1.807) is 0 Å². The van der Waals surface area contributed by atoms with Gasteiger partial charge in [-0.05, 0) is 82.8 Å². The van der Waals surface area contributed by atoms with Crippen molar-refractivity contribution in [1.82, 2.24) is 4.90 Å². The highest BCUT2D eigenvalue weighted by Gasteiger charge is 2.45. The molecular weight excluding hydrogens is 730 g/mol. The number of rotatable bonds is 7. The monoisotopic (exact) mass is 739 g/mol. The van der Waals surface area contributed by atoms with Gasteiger partial charge in [0, 0.05) is 17.9 Å². The van der Waals surface area contributed by atoms with Crippen molar-refractivity contribution < 1.29 is 33.6 Å². The number of nitro groups is 1. The topological polar surface area (TPSA) is 145 Å². The van der Waals surface area contributed by atoms with Gasteiger partial charge in [0.2, 0.25) is 0 Å². The summed E-state index contributed by atoms with van der Waals surface area (Å²) in [6.45, 7) is 0.474. The van der Waals surface area contributed by atoms with Gasteiger partial charge in [0.1, 0.15) is 17.5 Å². The number of hydrogen-bond acceptors (Lipinski definition) is 8. The highest BCUT2D eigenvalue weighted by molar-refractivity contribution is 9.15. The van der Waals surface area contributed by atoms with Crippen LogP contribution in [-0.2, 0) is 14.3 Å². The fourth-order valence-electron chi connectivity index (χ4n) is 3.16. The summed E-state index contributed by atoms with van der Waals surface area (Å²) in [5.74, 6) is -3.13. The van der Waals surface area contributed by atoms with E-state index in [0.29, 0.717) is 17.9 Å². The number of ether oxygens (including phenoxy) is 2. The van der Waals surface area contributed by atoms with Gasteiger partial charge in [-0.25, -0.2) is 4.79 Å². The van der Waals surface area contributed by atoms with E-state index in [1.807, 2.05) is 0 Å². The van der Waals surface area contributed by atoms with Crippen molar-refractivity contribution in [2.45, 2.75) is 13.0 Å². The van der Waals surface area contributed by atoms with Crippen molar-refractivity contribution >= 4 is 98.8 Å². The fraction of sp³-hybridized carbons (Fsp3) is 0.200. The summed E-state index contributed by atoms with van der Waals surface area (Å²) < 4.78 is 11.5. The molecule has 0 unspecified atom stereocenters. The number of methoxy groups -OCH3 is 1. The molecule has 3 amide bonds. The van der Waals surface area contributed by atoms with Crippen molar-refractivity contribution in [3.8, 4) is 5.75 Å². The van der Waals surface area contributed by atoms with E-state index in [-0.39, 0.29) is 22.6 Å². The van der Waals surface area contributed by atoms with Crippen LogP contribution in [0.1, 0.15) is 27.6 Å². The van der Waals surface area contributed by atoms with Crippen LogP contribution in [0.3, 0.4) is 0 Å². The van der Waals surface area contributed by atoms with Crippen molar-refractivity contribution in [2.24, 2.45) is 0 Å². The molecule has 1 N–H and O–H groups in total. The summed E-state index contributed by atoms with van der Waals surface area (Å²) in [6.07, 6.45) is 0. The van der Waals surface area contributed by atoms with Gasteiger partial charge in [-0.3, -0.25) is 29.4 Å². The minimum atomic E-state index is -1.36. The Morgan fingerprint density at radius 3 is 2.09 bits per heavy atom. The minimum absolute atomic E-state index is 0.0566. The number of imide groups is 1. The smallest absolute Gasteiger partial charge is 0.329 e. The number of nitrogens with zero attached hydrogens (tertiary/aromatic N) is 2. The molecule has 184 valence electrons. The maximum atomic E-state index is 13.0. The van der Waals surface area contributed by atoms with E-state index in [4.69, 9.17) is 9.47 Å². The van der Waals surface area contributed by atoms with E-state index in [0.717, 1.165) is 11.0 Å². The Morgan fingerprint density at radius 1 is 1.06 bits per heavy atom. The molecule has 0 bridgehead atoms. The summed E-state index contributed by atoms with van der Waals surface area (Å²) in [5, 5.41) is 13.5. The zero-order chi connectivity index (χ0) is 26.2. The number of benzene rings is 2. The van der Waals surface area contributed by atoms with Crippen LogP contribution < -0.4 is 10.1 Å². The number of carbonyl (C=O) groups excluding carboxylic acids is 4. The molecule has 11 nitrogen and oxygen atoms in total. The van der Waals surface area contributed by atoms with Crippen molar-refractivity contribution in [3.63, 3.8) is 0 Å². The molecule has 3 rings (SSSR count). The summed E-state index contributed by atoms with van der Waals surface area (Å²) in [7, 11) is 1.33. The van der Waals surface area contributed by atoms with Crippen LogP contribution in [0.4, 0.5) is 11.4 Å². The average molecular weight is 743 g/mol. The van der Waals surface area contributed by atoms with Crippen LogP contribution in [0, 0.1) is 10.1 Å². The van der Waals surface area contributed by atoms with E-state index < -0.39 is 47.0 Å². The Labute approximate surface area is 231 Å². The lowest BCUT2D eigenvalue weighted by Gasteiger charge is -2.20. The molecule has 2 aromatic carbocycles. The van der Waals surface area contributed by atoms with Crippen LogP contribution in [0.25, 0.3) is 0 Å². The average Bonchev–Trinajstić information content (AvgIpc) is 3.09. The molecule has 0 fully saturated rings. The molecule has 0 saturated carbocycles. The van der Waals surface area contributed by atoms with E-state index in [1.165, 1.54) is 26.2 Å². The fourth-order valence-corrected chi connectivity index (χ4v) is 5.62. The molecular formula is C20H13Br4N3O8. The van der Waals surface area contributed by atoms with E-state index in [2.05, 4.69) is 69.0 Å². The normalized spacial score (nSPS) is 13.4. The molecule has 35 heavy (non-hydrogen) atoms. The highest BCUT2D eigenvalue weighted by Crippen LogP contribution is 2.45. The number of carbonyl (C=O) groups is 4. The molecule has 15 heteroatoms. The molecule has 1 atom stereocenters. The number of halogens is 4. The van der Waals surface area contributed by atoms with Gasteiger partial charge in [0.05, 0.1) is 29.2 Å². The van der Waals surface area contributed by atoms with Gasteiger partial charge in [-0.1, -0.05) is 0 Å². The summed E-state index contributed by atoms with van der Waals surface area (Å²) >= 11 is 13.2. The Morgan fingerprint density at radius 2 is 1.60 bits per heavy atom. The zero-order valence-corrected chi connectivity index (χ0v) is 24.0. The SMILES string of the molecule is COc1ccc(NC(=O)COC(=O)[C@@H](C)N2C(=O)c3c(Br)c(Br)c(Br)c(Br)c3C2=O)c([N+](=O)[O-])c1. The number of esters is 1. The number of anilines is 1. The first-order valence-corrected chi connectivity index (χ1v) is 12.6.